The van der Waals surface area contributed by atoms with Gasteiger partial charge in [-0.25, -0.2) is 17.9 Å². The Labute approximate surface area is 138 Å². The highest BCUT2D eigenvalue weighted by Crippen LogP contribution is 2.23. The molecule has 9 heteroatoms. The lowest BCUT2D eigenvalue weighted by molar-refractivity contribution is 0.0602. The Bertz CT molecular complexity index is 779. The lowest BCUT2D eigenvalue weighted by Gasteiger charge is -2.13. The molecule has 2 aromatic rings. The molecule has 0 amide bonds. The number of aryl methyl sites for hydroxylation is 1. The smallest absolute Gasteiger partial charge is 0.349 e. The van der Waals surface area contributed by atoms with Crippen molar-refractivity contribution in [3.05, 3.63) is 40.3 Å². The first-order chi connectivity index (χ1) is 10.9. The summed E-state index contributed by atoms with van der Waals surface area (Å²) in [5, 5.41) is 11.6. The highest BCUT2D eigenvalue weighted by molar-refractivity contribution is 7.89. The number of hydrogen-bond donors (Lipinski definition) is 2. The van der Waals surface area contributed by atoms with Gasteiger partial charge in [-0.3, -0.25) is 0 Å². The molecular weight excluding hydrogens is 340 g/mol. The Morgan fingerprint density at radius 1 is 1.48 bits per heavy atom. The van der Waals surface area contributed by atoms with Crippen molar-refractivity contribution >= 4 is 27.3 Å². The molecule has 0 aliphatic carbocycles. The van der Waals surface area contributed by atoms with Crippen molar-refractivity contribution in [3.8, 4) is 0 Å². The number of thiophene rings is 1. The number of esters is 1. The van der Waals surface area contributed by atoms with Gasteiger partial charge in [-0.1, -0.05) is 0 Å². The molecule has 0 radical (unpaired) electrons. The number of aliphatic hydroxyl groups excluding tert-OH is 1. The Morgan fingerprint density at radius 3 is 2.83 bits per heavy atom. The molecule has 0 spiro atoms. The van der Waals surface area contributed by atoms with Crippen molar-refractivity contribution in [2.24, 2.45) is 7.05 Å². The average Bonchev–Trinajstić information content (AvgIpc) is 3.15. The first-order valence-electron chi connectivity index (χ1n) is 6.81. The Kier molecular flexibility index (Phi) is 5.58. The van der Waals surface area contributed by atoms with Crippen LogP contribution < -0.4 is 4.72 Å². The topological polar surface area (TPSA) is 97.6 Å². The molecule has 0 aromatic carbocycles. The van der Waals surface area contributed by atoms with E-state index < -0.39 is 22.1 Å². The van der Waals surface area contributed by atoms with Crippen LogP contribution in [0.2, 0.25) is 0 Å². The van der Waals surface area contributed by atoms with E-state index in [1.165, 1.54) is 18.6 Å². The largest absolute Gasteiger partial charge is 0.465 e. The van der Waals surface area contributed by atoms with E-state index in [1.807, 2.05) is 0 Å². The van der Waals surface area contributed by atoms with Crippen LogP contribution in [0.25, 0.3) is 0 Å². The highest BCUT2D eigenvalue weighted by atomic mass is 32.2. The maximum atomic E-state index is 12.3. The summed E-state index contributed by atoms with van der Waals surface area (Å²) in [5.74, 6) is -0.691. The number of aromatic nitrogens is 1. The van der Waals surface area contributed by atoms with E-state index in [4.69, 9.17) is 0 Å². The molecule has 2 rings (SSSR count). The Hall–Kier alpha value is -1.68. The lowest BCUT2D eigenvalue weighted by atomic mass is 10.2. The molecule has 0 saturated heterocycles. The van der Waals surface area contributed by atoms with Gasteiger partial charge in [0, 0.05) is 25.5 Å². The molecule has 0 aliphatic rings. The first kappa shape index (κ1) is 17.7. The van der Waals surface area contributed by atoms with E-state index in [0.717, 1.165) is 11.3 Å². The number of nitrogens with zero attached hydrogens (tertiary/aromatic N) is 1. The number of aliphatic hydroxyl groups is 1. The van der Waals surface area contributed by atoms with E-state index in [9.17, 15) is 18.3 Å². The number of sulfonamides is 1. The maximum Gasteiger partial charge on any atom is 0.349 e. The molecule has 23 heavy (non-hydrogen) atoms. The quantitative estimate of drug-likeness (QED) is 0.727. The molecular formula is C14H18N2O5S2. The van der Waals surface area contributed by atoms with Gasteiger partial charge in [0.2, 0.25) is 10.0 Å². The number of hydrogen-bond acceptors (Lipinski definition) is 6. The molecule has 1 unspecified atom stereocenters. The van der Waals surface area contributed by atoms with Gasteiger partial charge in [0.25, 0.3) is 0 Å². The van der Waals surface area contributed by atoms with Crippen LogP contribution in [0.15, 0.2) is 34.7 Å². The Balaban J connectivity index is 2.01. The standard InChI is InChI=1S/C14H18N2O5S2/c1-16-8-3-4-10(16)11(17)5-7-15-23(19,20)12-6-9-22-13(12)14(18)21-2/h3-4,6,8-9,11,15,17H,5,7H2,1-2H3. The van der Waals surface area contributed by atoms with Crippen LogP contribution in [-0.4, -0.2) is 37.7 Å². The minimum atomic E-state index is -3.84. The summed E-state index contributed by atoms with van der Waals surface area (Å²) < 4.78 is 33.3. The van der Waals surface area contributed by atoms with E-state index in [0.29, 0.717) is 5.69 Å². The predicted octanol–water partition coefficient (Wildman–Crippen LogP) is 1.28. The van der Waals surface area contributed by atoms with E-state index in [1.54, 1.807) is 29.9 Å². The van der Waals surface area contributed by atoms with Crippen molar-refractivity contribution in [1.82, 2.24) is 9.29 Å². The third-order valence-electron chi connectivity index (χ3n) is 3.32. The number of nitrogens with one attached hydrogen (secondary N) is 1. The van der Waals surface area contributed by atoms with Crippen molar-refractivity contribution in [2.45, 2.75) is 17.4 Å². The predicted molar refractivity (Wildman–Crippen MR) is 85.8 cm³/mol. The minimum absolute atomic E-state index is 0.0305. The van der Waals surface area contributed by atoms with Crippen molar-refractivity contribution in [2.75, 3.05) is 13.7 Å². The number of rotatable bonds is 7. The average molecular weight is 358 g/mol. The lowest BCUT2D eigenvalue weighted by Crippen LogP contribution is -2.27. The molecule has 0 bridgehead atoms. The number of carbonyl (C=O) groups excluding carboxylic acids is 1. The van der Waals surface area contributed by atoms with Crippen LogP contribution in [0.4, 0.5) is 0 Å². The van der Waals surface area contributed by atoms with Gasteiger partial charge in [-0.15, -0.1) is 11.3 Å². The molecule has 7 nitrogen and oxygen atoms in total. The summed E-state index contributed by atoms with van der Waals surface area (Å²) >= 11 is 1.00. The normalized spacial score (nSPS) is 13.0. The molecule has 0 aliphatic heterocycles. The zero-order valence-electron chi connectivity index (χ0n) is 12.7. The second-order valence-electron chi connectivity index (χ2n) is 4.85. The zero-order chi connectivity index (χ0) is 17.0. The number of methoxy groups -OCH3 is 1. The monoisotopic (exact) mass is 358 g/mol. The van der Waals surface area contributed by atoms with Crippen molar-refractivity contribution < 1.29 is 23.1 Å². The molecule has 2 heterocycles. The van der Waals surface area contributed by atoms with Crippen LogP contribution >= 0.6 is 11.3 Å². The third kappa shape index (κ3) is 3.99. The van der Waals surface area contributed by atoms with Crippen molar-refractivity contribution in [3.63, 3.8) is 0 Å². The fourth-order valence-corrected chi connectivity index (χ4v) is 4.51. The fourth-order valence-electron chi connectivity index (χ4n) is 2.13. The molecule has 0 fully saturated rings. The number of carbonyl (C=O) groups is 1. The van der Waals surface area contributed by atoms with Gasteiger partial charge in [0.05, 0.1) is 13.2 Å². The summed E-state index contributed by atoms with van der Waals surface area (Å²) in [4.78, 5) is 11.5. The fraction of sp³-hybridized carbons (Fsp3) is 0.357. The van der Waals surface area contributed by atoms with E-state index >= 15 is 0 Å². The maximum absolute atomic E-state index is 12.3. The SMILES string of the molecule is COC(=O)c1sccc1S(=O)(=O)NCCC(O)c1cccn1C. The number of ether oxygens (including phenoxy) is 1. The Morgan fingerprint density at radius 2 is 2.22 bits per heavy atom. The summed E-state index contributed by atoms with van der Waals surface area (Å²) in [5.41, 5.74) is 0.704. The second-order valence-corrected chi connectivity index (χ2v) is 7.50. The molecule has 2 aromatic heterocycles. The van der Waals surface area contributed by atoms with E-state index in [-0.39, 0.29) is 22.7 Å². The summed E-state index contributed by atoms with van der Waals surface area (Å²) in [7, 11) is -0.837. The molecule has 0 saturated carbocycles. The van der Waals surface area contributed by atoms with Crippen molar-refractivity contribution in [1.29, 1.82) is 0 Å². The molecule has 1 atom stereocenters. The van der Waals surface area contributed by atoms with Crippen LogP contribution in [0, 0.1) is 0 Å². The van der Waals surface area contributed by atoms with Gasteiger partial charge in [-0.05, 0) is 30.0 Å². The van der Waals surface area contributed by atoms with Gasteiger partial charge in [0.15, 0.2) is 0 Å². The first-order valence-corrected chi connectivity index (χ1v) is 9.18. The van der Waals surface area contributed by atoms with Gasteiger partial charge in [-0.2, -0.15) is 0 Å². The third-order valence-corrected chi connectivity index (χ3v) is 5.85. The summed E-state index contributed by atoms with van der Waals surface area (Å²) in [6.45, 7) is 0.0468. The summed E-state index contributed by atoms with van der Waals surface area (Å²) in [6, 6.07) is 4.93. The van der Waals surface area contributed by atoms with Gasteiger partial charge >= 0.3 is 5.97 Å². The zero-order valence-corrected chi connectivity index (χ0v) is 14.4. The minimum Gasteiger partial charge on any atom is -0.465 e. The van der Waals surface area contributed by atoms with Gasteiger partial charge < -0.3 is 14.4 Å². The molecule has 126 valence electrons. The summed E-state index contributed by atoms with van der Waals surface area (Å²) in [6.07, 6.45) is 1.24. The van der Waals surface area contributed by atoms with Gasteiger partial charge in [0.1, 0.15) is 9.77 Å². The van der Waals surface area contributed by atoms with Crippen LogP contribution in [-0.2, 0) is 21.8 Å². The van der Waals surface area contributed by atoms with Crippen LogP contribution in [0.5, 0.6) is 0 Å². The van der Waals surface area contributed by atoms with Crippen LogP contribution in [0.3, 0.4) is 0 Å². The molecule has 2 N–H and O–H groups in total. The second kappa shape index (κ2) is 7.26. The van der Waals surface area contributed by atoms with Crippen LogP contribution in [0.1, 0.15) is 27.9 Å². The van der Waals surface area contributed by atoms with E-state index in [2.05, 4.69) is 9.46 Å². The highest BCUT2D eigenvalue weighted by Gasteiger charge is 2.24.